The van der Waals surface area contributed by atoms with Crippen LogP contribution >= 0.6 is 0 Å². The molecule has 1 saturated heterocycles. The first-order valence-electron chi connectivity index (χ1n) is 9.36. The van der Waals surface area contributed by atoms with Crippen LogP contribution in [0.4, 0.5) is 0 Å². The van der Waals surface area contributed by atoms with Crippen LogP contribution in [0.1, 0.15) is 6.92 Å². The van der Waals surface area contributed by atoms with Gasteiger partial charge in [0.25, 0.3) is 0 Å². The van der Waals surface area contributed by atoms with Gasteiger partial charge in [-0.25, -0.2) is 0 Å². The van der Waals surface area contributed by atoms with E-state index in [1.165, 1.54) is 19.1 Å². The molecule has 1 aliphatic rings. The molecule has 1 aromatic heterocycles. The Balaban J connectivity index is 1.93. The number of benzene rings is 2. The topological polar surface area (TPSA) is 170 Å². The van der Waals surface area contributed by atoms with Gasteiger partial charge in [-0.1, -0.05) is 12.1 Å². The number of aliphatic hydroxyl groups excluding tert-OH is 3. The first-order valence-corrected chi connectivity index (χ1v) is 9.36. The van der Waals surface area contributed by atoms with Crippen molar-refractivity contribution in [1.29, 1.82) is 0 Å². The molecule has 6 N–H and O–H groups in total. The molecule has 31 heavy (non-hydrogen) atoms. The number of hydrogen-bond acceptors (Lipinski definition) is 10. The average Bonchev–Trinajstić information content (AvgIpc) is 2.72. The van der Waals surface area contributed by atoms with Crippen LogP contribution < -0.4 is 10.2 Å². The fraction of sp³-hybridized carbons (Fsp3) is 0.286. The number of phenolic OH excluding ortho intramolecular Hbond substituents is 3. The summed E-state index contributed by atoms with van der Waals surface area (Å²) < 4.78 is 16.7. The van der Waals surface area contributed by atoms with Crippen molar-refractivity contribution in [2.75, 3.05) is 0 Å². The lowest BCUT2D eigenvalue weighted by Gasteiger charge is -2.38. The van der Waals surface area contributed by atoms with E-state index < -0.39 is 47.6 Å². The Morgan fingerprint density at radius 2 is 1.65 bits per heavy atom. The number of rotatable bonds is 3. The van der Waals surface area contributed by atoms with E-state index in [4.69, 9.17) is 13.9 Å². The molecule has 2 aromatic carbocycles. The number of aromatic hydroxyl groups is 3. The number of para-hydroxylation sites is 1. The lowest BCUT2D eigenvalue weighted by atomic mass is 10.00. The molecule has 0 amide bonds. The van der Waals surface area contributed by atoms with Crippen molar-refractivity contribution in [3.05, 3.63) is 46.6 Å². The van der Waals surface area contributed by atoms with Crippen molar-refractivity contribution >= 4 is 11.0 Å². The minimum atomic E-state index is -1.72. The number of phenols is 3. The molecule has 164 valence electrons. The van der Waals surface area contributed by atoms with Crippen LogP contribution in [0.5, 0.6) is 23.0 Å². The van der Waals surface area contributed by atoms with E-state index in [1.807, 2.05) is 0 Å². The van der Waals surface area contributed by atoms with Crippen LogP contribution in [-0.2, 0) is 4.74 Å². The third-order valence-corrected chi connectivity index (χ3v) is 5.11. The molecule has 5 atom stereocenters. The van der Waals surface area contributed by atoms with Crippen molar-refractivity contribution < 1.29 is 44.5 Å². The molecule has 10 nitrogen and oxygen atoms in total. The predicted molar refractivity (Wildman–Crippen MR) is 106 cm³/mol. The number of ether oxygens (including phenoxy) is 2. The van der Waals surface area contributed by atoms with E-state index in [2.05, 4.69) is 0 Å². The van der Waals surface area contributed by atoms with Crippen molar-refractivity contribution in [1.82, 2.24) is 0 Å². The second kappa shape index (κ2) is 7.75. The van der Waals surface area contributed by atoms with E-state index in [0.717, 1.165) is 12.1 Å². The first kappa shape index (κ1) is 20.9. The molecule has 0 bridgehead atoms. The van der Waals surface area contributed by atoms with E-state index in [1.54, 1.807) is 12.1 Å². The van der Waals surface area contributed by atoms with Crippen molar-refractivity contribution in [3.8, 4) is 34.3 Å². The van der Waals surface area contributed by atoms with Gasteiger partial charge in [0.1, 0.15) is 46.5 Å². The molecule has 1 fully saturated rings. The highest BCUT2D eigenvalue weighted by molar-refractivity contribution is 5.88. The molecule has 0 saturated carbocycles. The molecule has 0 radical (unpaired) electrons. The monoisotopic (exact) mass is 432 g/mol. The standard InChI is InChI=1S/C21H20O10/c1-8-15(25)17(27)18(28)21(29-8)31-20-16(26)14-12(24)6-9(22)7-13(14)30-19(20)10-4-2-3-5-11(10)23/h2-8,15,17-18,21-25,27-28H,1H3/t8-,15-,17+,18+,21+/m1/s1. The SMILES string of the molecule is C[C@H]1O[C@@H](Oc2c(-c3ccccc3O)oc3cc(O)cc(O)c3c2=O)[C@@H](O)[C@@H](O)[C@@H]1O. The Bertz CT molecular complexity index is 1190. The van der Waals surface area contributed by atoms with Gasteiger partial charge in [0.2, 0.25) is 17.5 Å². The quantitative estimate of drug-likeness (QED) is 0.348. The third kappa shape index (κ3) is 3.55. The normalized spacial score (nSPS) is 26.1. The van der Waals surface area contributed by atoms with Gasteiger partial charge in [-0.2, -0.15) is 0 Å². The minimum Gasteiger partial charge on any atom is -0.508 e. The highest BCUT2D eigenvalue weighted by Crippen LogP contribution is 2.39. The second-order valence-corrected chi connectivity index (χ2v) is 7.24. The summed E-state index contributed by atoms with van der Waals surface area (Å²) in [6.07, 6.45) is -7.22. The van der Waals surface area contributed by atoms with Crippen molar-refractivity contribution in [3.63, 3.8) is 0 Å². The van der Waals surface area contributed by atoms with Crippen molar-refractivity contribution in [2.24, 2.45) is 0 Å². The highest BCUT2D eigenvalue weighted by atomic mass is 16.7. The minimum absolute atomic E-state index is 0.0539. The summed E-state index contributed by atoms with van der Waals surface area (Å²) >= 11 is 0. The molecule has 3 aromatic rings. The van der Waals surface area contributed by atoms with Gasteiger partial charge in [0.05, 0.1) is 11.7 Å². The van der Waals surface area contributed by atoms with Crippen LogP contribution in [0.2, 0.25) is 0 Å². The zero-order chi connectivity index (χ0) is 22.4. The summed E-state index contributed by atoms with van der Waals surface area (Å²) in [7, 11) is 0. The van der Waals surface area contributed by atoms with Gasteiger partial charge in [-0.3, -0.25) is 4.79 Å². The van der Waals surface area contributed by atoms with Crippen LogP contribution in [0.15, 0.2) is 45.6 Å². The molecular weight excluding hydrogens is 412 g/mol. The molecule has 0 spiro atoms. The molecule has 1 aliphatic heterocycles. The zero-order valence-electron chi connectivity index (χ0n) is 16.2. The fourth-order valence-electron chi connectivity index (χ4n) is 3.45. The van der Waals surface area contributed by atoms with E-state index in [9.17, 15) is 35.4 Å². The van der Waals surface area contributed by atoms with Crippen LogP contribution in [0, 0.1) is 0 Å². The molecule has 2 heterocycles. The summed E-state index contributed by atoms with van der Waals surface area (Å²) in [4.78, 5) is 13.2. The summed E-state index contributed by atoms with van der Waals surface area (Å²) in [6.45, 7) is 1.44. The lowest BCUT2D eigenvalue weighted by Crippen LogP contribution is -2.58. The van der Waals surface area contributed by atoms with Crippen LogP contribution in [0.25, 0.3) is 22.3 Å². The Kier molecular flexibility index (Phi) is 5.23. The lowest BCUT2D eigenvalue weighted by molar-refractivity contribution is -0.268. The molecular formula is C21H20O10. The van der Waals surface area contributed by atoms with Gasteiger partial charge in [0, 0.05) is 12.1 Å². The second-order valence-electron chi connectivity index (χ2n) is 7.24. The summed E-state index contributed by atoms with van der Waals surface area (Å²) in [6, 6.07) is 7.95. The number of hydrogen-bond donors (Lipinski definition) is 6. The molecule has 0 aliphatic carbocycles. The largest absolute Gasteiger partial charge is 0.508 e. The Morgan fingerprint density at radius 3 is 2.35 bits per heavy atom. The molecule has 4 rings (SSSR count). The maximum Gasteiger partial charge on any atom is 0.239 e. The fourth-order valence-corrected chi connectivity index (χ4v) is 3.45. The Hall–Kier alpha value is -3.31. The third-order valence-electron chi connectivity index (χ3n) is 5.11. The van der Waals surface area contributed by atoms with E-state index in [0.29, 0.717) is 0 Å². The van der Waals surface area contributed by atoms with E-state index >= 15 is 0 Å². The molecule has 10 heteroatoms. The molecule has 0 unspecified atom stereocenters. The Labute approximate surface area is 174 Å². The van der Waals surface area contributed by atoms with Gasteiger partial charge >= 0.3 is 0 Å². The maximum absolute atomic E-state index is 13.2. The van der Waals surface area contributed by atoms with Crippen LogP contribution in [-0.4, -0.2) is 61.3 Å². The number of fused-ring (bicyclic) bond motifs is 1. The van der Waals surface area contributed by atoms with Gasteiger partial charge < -0.3 is 44.5 Å². The Morgan fingerprint density at radius 1 is 0.935 bits per heavy atom. The zero-order valence-corrected chi connectivity index (χ0v) is 16.2. The predicted octanol–water partition coefficient (Wildman–Crippen LogP) is 0.783. The smallest absolute Gasteiger partial charge is 0.239 e. The highest BCUT2D eigenvalue weighted by Gasteiger charge is 2.44. The van der Waals surface area contributed by atoms with Gasteiger partial charge in [-0.15, -0.1) is 0 Å². The average molecular weight is 432 g/mol. The summed E-state index contributed by atoms with van der Waals surface area (Å²) in [5.41, 5.74) is -0.999. The van der Waals surface area contributed by atoms with Gasteiger partial charge in [0.15, 0.2) is 5.76 Å². The van der Waals surface area contributed by atoms with Crippen molar-refractivity contribution in [2.45, 2.75) is 37.6 Å². The van der Waals surface area contributed by atoms with Crippen LogP contribution in [0.3, 0.4) is 0 Å². The summed E-state index contributed by atoms with van der Waals surface area (Å²) in [5, 5.41) is 60.1. The first-order chi connectivity index (χ1) is 14.7. The maximum atomic E-state index is 13.2. The number of aliphatic hydroxyl groups is 3. The van der Waals surface area contributed by atoms with E-state index in [-0.39, 0.29) is 33.8 Å². The summed E-state index contributed by atoms with van der Waals surface area (Å²) in [5.74, 6) is -1.97. The van der Waals surface area contributed by atoms with Gasteiger partial charge in [-0.05, 0) is 19.1 Å².